The number of thiophene rings is 1. The molecule has 180 valence electrons. The fourth-order valence-electron chi connectivity index (χ4n) is 5.21. The SMILES string of the molecule is O=C(O)CC1CCC(c2nc(NCc3ccc4c(c3)OCCO4)c3c(n2)sc2ccccc23)CC1. The van der Waals surface area contributed by atoms with E-state index < -0.39 is 5.97 Å². The summed E-state index contributed by atoms with van der Waals surface area (Å²) in [7, 11) is 0. The van der Waals surface area contributed by atoms with Crippen molar-refractivity contribution in [1.82, 2.24) is 9.97 Å². The summed E-state index contributed by atoms with van der Waals surface area (Å²) in [5, 5.41) is 15.0. The monoisotopic (exact) mass is 489 g/mol. The summed E-state index contributed by atoms with van der Waals surface area (Å²) < 4.78 is 12.6. The standard InChI is InChI=1S/C27H27N3O4S/c31-23(32)14-16-5-8-18(9-6-16)25-29-26(24-19-3-1-2-4-22(19)35-27(24)30-25)28-15-17-7-10-20-21(13-17)34-12-11-33-20/h1-4,7,10,13,16,18H,5-6,8-9,11-12,14-15H2,(H,31,32)(H,28,29,30). The van der Waals surface area contributed by atoms with E-state index in [4.69, 9.17) is 24.5 Å². The minimum Gasteiger partial charge on any atom is -0.486 e. The van der Waals surface area contributed by atoms with Gasteiger partial charge in [-0.3, -0.25) is 4.79 Å². The molecule has 1 fully saturated rings. The van der Waals surface area contributed by atoms with Crippen LogP contribution in [0.3, 0.4) is 0 Å². The number of ether oxygens (including phenoxy) is 2. The summed E-state index contributed by atoms with van der Waals surface area (Å²) in [6.45, 7) is 1.75. The summed E-state index contributed by atoms with van der Waals surface area (Å²) in [5.74, 6) is 3.08. The molecule has 0 atom stereocenters. The lowest BCUT2D eigenvalue weighted by atomic mass is 9.80. The van der Waals surface area contributed by atoms with Crippen LogP contribution in [0.5, 0.6) is 11.5 Å². The molecule has 35 heavy (non-hydrogen) atoms. The number of fused-ring (bicyclic) bond motifs is 4. The van der Waals surface area contributed by atoms with Crippen molar-refractivity contribution in [3.63, 3.8) is 0 Å². The maximum Gasteiger partial charge on any atom is 0.303 e. The second kappa shape index (κ2) is 9.34. The van der Waals surface area contributed by atoms with Gasteiger partial charge in [0.2, 0.25) is 0 Å². The summed E-state index contributed by atoms with van der Waals surface area (Å²) in [6.07, 6.45) is 3.92. The van der Waals surface area contributed by atoms with Gasteiger partial charge in [-0.05, 0) is 55.4 Å². The van der Waals surface area contributed by atoms with E-state index in [-0.39, 0.29) is 18.3 Å². The number of carbonyl (C=O) groups is 1. The van der Waals surface area contributed by atoms with Crippen molar-refractivity contribution >= 4 is 43.4 Å². The number of carboxylic acid groups (broad SMARTS) is 1. The van der Waals surface area contributed by atoms with Crippen LogP contribution in [0, 0.1) is 5.92 Å². The first kappa shape index (κ1) is 22.1. The molecule has 2 N–H and O–H groups in total. The average molecular weight is 490 g/mol. The van der Waals surface area contributed by atoms with E-state index in [2.05, 4.69) is 35.6 Å². The van der Waals surface area contributed by atoms with E-state index in [1.807, 2.05) is 12.1 Å². The fourth-order valence-corrected chi connectivity index (χ4v) is 6.29. The molecule has 2 aliphatic rings. The Bertz CT molecular complexity index is 1390. The zero-order chi connectivity index (χ0) is 23.8. The Kier molecular flexibility index (Phi) is 5.90. The minimum atomic E-state index is -0.706. The highest BCUT2D eigenvalue weighted by atomic mass is 32.1. The first-order valence-electron chi connectivity index (χ1n) is 12.2. The molecular weight excluding hydrogens is 462 g/mol. The lowest BCUT2D eigenvalue weighted by molar-refractivity contribution is -0.138. The Morgan fingerprint density at radius 2 is 1.83 bits per heavy atom. The van der Waals surface area contributed by atoms with Crippen molar-refractivity contribution in [2.45, 2.75) is 44.6 Å². The molecule has 1 aliphatic carbocycles. The van der Waals surface area contributed by atoms with Gasteiger partial charge < -0.3 is 19.9 Å². The van der Waals surface area contributed by atoms with Gasteiger partial charge in [0.15, 0.2) is 11.5 Å². The van der Waals surface area contributed by atoms with Crippen molar-refractivity contribution in [3.8, 4) is 11.5 Å². The van der Waals surface area contributed by atoms with E-state index in [1.165, 1.54) is 4.70 Å². The van der Waals surface area contributed by atoms with Crippen molar-refractivity contribution in [1.29, 1.82) is 0 Å². The smallest absolute Gasteiger partial charge is 0.303 e. The molecule has 4 aromatic rings. The lowest BCUT2D eigenvalue weighted by Crippen LogP contribution is -2.18. The van der Waals surface area contributed by atoms with Gasteiger partial charge in [-0.2, -0.15) is 0 Å². The number of aliphatic carboxylic acids is 1. The van der Waals surface area contributed by atoms with Gasteiger partial charge in [-0.15, -0.1) is 11.3 Å². The highest BCUT2D eigenvalue weighted by Gasteiger charge is 2.27. The molecule has 0 saturated heterocycles. The topological polar surface area (TPSA) is 93.6 Å². The van der Waals surface area contributed by atoms with Gasteiger partial charge in [0, 0.05) is 29.0 Å². The Hall–Kier alpha value is -3.39. The van der Waals surface area contributed by atoms with Crippen LogP contribution < -0.4 is 14.8 Å². The maximum atomic E-state index is 11.1. The predicted octanol–water partition coefficient (Wildman–Crippen LogP) is 5.98. The fraction of sp³-hybridized carbons (Fsp3) is 0.370. The molecule has 7 nitrogen and oxygen atoms in total. The van der Waals surface area contributed by atoms with Crippen molar-refractivity contribution in [3.05, 3.63) is 53.9 Å². The van der Waals surface area contributed by atoms with E-state index in [1.54, 1.807) is 11.3 Å². The van der Waals surface area contributed by atoms with Gasteiger partial charge in [0.25, 0.3) is 0 Å². The zero-order valence-electron chi connectivity index (χ0n) is 19.3. The van der Waals surface area contributed by atoms with Crippen LogP contribution in [0.4, 0.5) is 5.82 Å². The molecular formula is C27H27N3O4S. The Balaban J connectivity index is 1.31. The predicted molar refractivity (Wildman–Crippen MR) is 137 cm³/mol. The molecule has 6 rings (SSSR count). The van der Waals surface area contributed by atoms with Crippen molar-refractivity contribution < 1.29 is 19.4 Å². The third kappa shape index (κ3) is 4.50. The Morgan fingerprint density at radius 3 is 2.66 bits per heavy atom. The molecule has 0 bridgehead atoms. The Labute approximate surface area is 207 Å². The van der Waals surface area contributed by atoms with E-state index >= 15 is 0 Å². The summed E-state index contributed by atoms with van der Waals surface area (Å²) in [5.41, 5.74) is 1.09. The number of hydrogen-bond donors (Lipinski definition) is 2. The molecule has 2 aromatic heterocycles. The molecule has 8 heteroatoms. The quantitative estimate of drug-likeness (QED) is 0.344. The normalized spacial score (nSPS) is 19.7. The van der Waals surface area contributed by atoms with Crippen LogP contribution in [0.15, 0.2) is 42.5 Å². The first-order chi connectivity index (χ1) is 17.1. The second-order valence-electron chi connectivity index (χ2n) is 9.36. The molecule has 3 heterocycles. The van der Waals surface area contributed by atoms with Crippen LogP contribution in [-0.2, 0) is 11.3 Å². The number of anilines is 1. The first-order valence-corrected chi connectivity index (χ1v) is 13.0. The number of aromatic nitrogens is 2. The summed E-state index contributed by atoms with van der Waals surface area (Å²) in [4.78, 5) is 22.2. The maximum absolute atomic E-state index is 11.1. The molecule has 0 unspecified atom stereocenters. The molecule has 1 saturated carbocycles. The average Bonchev–Trinajstić information content (AvgIpc) is 3.26. The van der Waals surface area contributed by atoms with Crippen LogP contribution in [0.25, 0.3) is 20.3 Å². The van der Waals surface area contributed by atoms with E-state index in [9.17, 15) is 4.79 Å². The van der Waals surface area contributed by atoms with Crippen LogP contribution in [0.1, 0.15) is 49.4 Å². The largest absolute Gasteiger partial charge is 0.486 e. The van der Waals surface area contributed by atoms with Gasteiger partial charge in [0.05, 0.1) is 5.39 Å². The molecule has 1 aliphatic heterocycles. The number of carboxylic acids is 1. The third-order valence-corrected chi connectivity index (χ3v) is 8.06. The van der Waals surface area contributed by atoms with Gasteiger partial charge in [0.1, 0.15) is 29.7 Å². The van der Waals surface area contributed by atoms with Crippen molar-refractivity contribution in [2.75, 3.05) is 18.5 Å². The van der Waals surface area contributed by atoms with Crippen LogP contribution in [0.2, 0.25) is 0 Å². The number of nitrogens with one attached hydrogen (secondary N) is 1. The van der Waals surface area contributed by atoms with E-state index in [0.717, 1.165) is 70.0 Å². The Morgan fingerprint density at radius 1 is 1.03 bits per heavy atom. The van der Waals surface area contributed by atoms with Crippen LogP contribution in [-0.4, -0.2) is 34.3 Å². The summed E-state index contributed by atoms with van der Waals surface area (Å²) >= 11 is 1.70. The highest BCUT2D eigenvalue weighted by molar-refractivity contribution is 7.25. The third-order valence-electron chi connectivity index (χ3n) is 7.00. The minimum absolute atomic E-state index is 0.254. The number of hydrogen-bond acceptors (Lipinski definition) is 7. The number of nitrogens with zero attached hydrogens (tertiary/aromatic N) is 2. The number of rotatable bonds is 6. The molecule has 0 amide bonds. The van der Waals surface area contributed by atoms with E-state index in [0.29, 0.717) is 19.8 Å². The molecule has 0 spiro atoms. The summed E-state index contributed by atoms with van der Waals surface area (Å²) in [6, 6.07) is 14.4. The highest BCUT2D eigenvalue weighted by Crippen LogP contribution is 2.41. The van der Waals surface area contributed by atoms with Gasteiger partial charge in [-0.1, -0.05) is 24.3 Å². The van der Waals surface area contributed by atoms with Gasteiger partial charge >= 0.3 is 5.97 Å². The molecule has 0 radical (unpaired) electrons. The van der Waals surface area contributed by atoms with Crippen molar-refractivity contribution in [2.24, 2.45) is 5.92 Å². The second-order valence-corrected chi connectivity index (χ2v) is 10.4. The lowest BCUT2D eigenvalue weighted by Gasteiger charge is -2.27. The molecule has 2 aromatic carbocycles. The van der Waals surface area contributed by atoms with Crippen LogP contribution >= 0.6 is 11.3 Å². The number of benzene rings is 2. The van der Waals surface area contributed by atoms with Gasteiger partial charge in [-0.25, -0.2) is 9.97 Å². The zero-order valence-corrected chi connectivity index (χ0v) is 20.1.